The summed E-state index contributed by atoms with van der Waals surface area (Å²) in [6.45, 7) is 1.62. The third-order valence-corrected chi connectivity index (χ3v) is 2.39. The van der Waals surface area contributed by atoms with Gasteiger partial charge in [-0.2, -0.15) is 0 Å². The van der Waals surface area contributed by atoms with Crippen molar-refractivity contribution in [3.8, 4) is 0 Å². The molecule has 0 fully saturated rings. The Bertz CT molecular complexity index is 528. The second kappa shape index (κ2) is 3.40. The number of aliphatic hydroxyl groups excluding tert-OH is 1. The molecule has 4 nitrogen and oxygen atoms in total. The van der Waals surface area contributed by atoms with Crippen LogP contribution in [0.25, 0.3) is 10.9 Å². The molecule has 0 atom stereocenters. The first-order chi connectivity index (χ1) is 7.13. The van der Waals surface area contributed by atoms with Gasteiger partial charge in [-0.25, -0.2) is 9.36 Å². The lowest BCUT2D eigenvalue weighted by Crippen LogP contribution is -2.11. The van der Waals surface area contributed by atoms with Gasteiger partial charge in [0.15, 0.2) is 0 Å². The van der Waals surface area contributed by atoms with Gasteiger partial charge in [-0.05, 0) is 24.6 Å². The molecule has 2 rings (SSSR count). The summed E-state index contributed by atoms with van der Waals surface area (Å²) in [7, 11) is 0. The minimum absolute atomic E-state index is 0.278. The number of nitrogens with zero attached hydrogens (tertiary/aromatic N) is 1. The number of aryl methyl sites for hydroxylation is 1. The van der Waals surface area contributed by atoms with Crippen molar-refractivity contribution in [2.24, 2.45) is 0 Å². The summed E-state index contributed by atoms with van der Waals surface area (Å²) in [5.74, 6) is 0. The van der Waals surface area contributed by atoms with Gasteiger partial charge in [0.05, 0.1) is 17.8 Å². The van der Waals surface area contributed by atoms with Gasteiger partial charge < -0.3 is 10.2 Å². The maximum atomic E-state index is 11.0. The zero-order valence-electron chi connectivity index (χ0n) is 8.27. The van der Waals surface area contributed by atoms with Crippen LogP contribution >= 0.6 is 0 Å². The SMILES string of the molecule is Cc1ccc2cc(CO)n(C(=O)O)c2c1. The Kier molecular flexibility index (Phi) is 2.21. The summed E-state index contributed by atoms with van der Waals surface area (Å²) in [4.78, 5) is 11.0. The van der Waals surface area contributed by atoms with Crippen LogP contribution < -0.4 is 0 Å². The Balaban J connectivity index is 2.82. The fourth-order valence-corrected chi connectivity index (χ4v) is 1.71. The van der Waals surface area contributed by atoms with Crippen LogP contribution in [0.3, 0.4) is 0 Å². The standard InChI is InChI=1S/C11H11NO3/c1-7-2-3-8-5-9(6-13)12(11(14)15)10(8)4-7/h2-5,13H,6H2,1H3,(H,14,15). The van der Waals surface area contributed by atoms with E-state index in [1.165, 1.54) is 0 Å². The first-order valence-electron chi connectivity index (χ1n) is 4.58. The Hall–Kier alpha value is -1.81. The zero-order valence-corrected chi connectivity index (χ0v) is 8.27. The highest BCUT2D eigenvalue weighted by Crippen LogP contribution is 2.21. The minimum atomic E-state index is -1.07. The van der Waals surface area contributed by atoms with Gasteiger partial charge in [-0.15, -0.1) is 0 Å². The van der Waals surface area contributed by atoms with Gasteiger partial charge in [-0.1, -0.05) is 12.1 Å². The number of hydrogen-bond acceptors (Lipinski definition) is 2. The van der Waals surface area contributed by atoms with E-state index in [1.54, 1.807) is 12.1 Å². The van der Waals surface area contributed by atoms with E-state index in [4.69, 9.17) is 10.2 Å². The van der Waals surface area contributed by atoms with Crippen molar-refractivity contribution in [2.75, 3.05) is 0 Å². The summed E-state index contributed by atoms with van der Waals surface area (Å²) in [5, 5.41) is 18.9. The van der Waals surface area contributed by atoms with Crippen molar-refractivity contribution in [1.82, 2.24) is 4.57 Å². The van der Waals surface area contributed by atoms with Crippen LogP contribution in [0, 0.1) is 6.92 Å². The molecule has 0 aliphatic heterocycles. The Morgan fingerprint density at radius 2 is 2.13 bits per heavy atom. The monoisotopic (exact) mass is 205 g/mol. The molecule has 0 bridgehead atoms. The molecule has 15 heavy (non-hydrogen) atoms. The average Bonchev–Trinajstić information content (AvgIpc) is 2.55. The van der Waals surface area contributed by atoms with Gasteiger partial charge in [0.2, 0.25) is 0 Å². The highest BCUT2D eigenvalue weighted by atomic mass is 16.4. The second-order valence-corrected chi connectivity index (χ2v) is 3.47. The van der Waals surface area contributed by atoms with Crippen LogP contribution in [0.4, 0.5) is 4.79 Å². The average molecular weight is 205 g/mol. The van der Waals surface area contributed by atoms with Gasteiger partial charge in [0.25, 0.3) is 0 Å². The number of rotatable bonds is 1. The van der Waals surface area contributed by atoms with Crippen LogP contribution in [0.2, 0.25) is 0 Å². The number of aromatic nitrogens is 1. The third kappa shape index (κ3) is 1.49. The van der Waals surface area contributed by atoms with E-state index in [0.29, 0.717) is 11.2 Å². The predicted molar refractivity (Wildman–Crippen MR) is 56.0 cm³/mol. The third-order valence-electron chi connectivity index (χ3n) is 2.39. The zero-order chi connectivity index (χ0) is 11.0. The van der Waals surface area contributed by atoms with E-state index < -0.39 is 6.09 Å². The summed E-state index contributed by atoms with van der Waals surface area (Å²) in [6, 6.07) is 7.24. The molecule has 1 heterocycles. The maximum absolute atomic E-state index is 11.0. The number of carbonyl (C=O) groups is 1. The molecule has 78 valence electrons. The van der Waals surface area contributed by atoms with Gasteiger partial charge in [-0.3, -0.25) is 0 Å². The van der Waals surface area contributed by atoms with Gasteiger partial charge in [0, 0.05) is 5.39 Å². The van der Waals surface area contributed by atoms with E-state index in [0.717, 1.165) is 15.5 Å². The van der Waals surface area contributed by atoms with E-state index in [-0.39, 0.29) is 6.61 Å². The van der Waals surface area contributed by atoms with E-state index in [1.807, 2.05) is 19.1 Å². The molecule has 4 heteroatoms. The molecule has 0 radical (unpaired) electrons. The fraction of sp³-hybridized carbons (Fsp3) is 0.182. The molecule has 1 aromatic heterocycles. The lowest BCUT2D eigenvalue weighted by Gasteiger charge is -2.02. The summed E-state index contributed by atoms with van der Waals surface area (Å²) < 4.78 is 1.11. The number of carboxylic acid groups (broad SMARTS) is 1. The Morgan fingerprint density at radius 3 is 2.73 bits per heavy atom. The molecule has 2 N–H and O–H groups in total. The first kappa shape index (κ1) is 9.73. The highest BCUT2D eigenvalue weighted by molar-refractivity contribution is 5.90. The van der Waals surface area contributed by atoms with Crippen molar-refractivity contribution >= 4 is 17.0 Å². The van der Waals surface area contributed by atoms with Crippen molar-refractivity contribution in [1.29, 1.82) is 0 Å². The molecule has 0 saturated carbocycles. The molecule has 0 aliphatic rings. The molecular weight excluding hydrogens is 194 g/mol. The van der Waals surface area contributed by atoms with E-state index in [2.05, 4.69) is 0 Å². The quantitative estimate of drug-likeness (QED) is 0.748. The summed E-state index contributed by atoms with van der Waals surface area (Å²) in [5.41, 5.74) is 2.00. The lowest BCUT2D eigenvalue weighted by molar-refractivity contribution is 0.193. The molecule has 0 unspecified atom stereocenters. The molecule has 0 aliphatic carbocycles. The highest BCUT2D eigenvalue weighted by Gasteiger charge is 2.12. The fourth-order valence-electron chi connectivity index (χ4n) is 1.71. The largest absolute Gasteiger partial charge is 0.464 e. The number of fused-ring (bicyclic) bond motifs is 1. The molecule has 0 amide bonds. The molecule has 1 aromatic carbocycles. The lowest BCUT2D eigenvalue weighted by atomic mass is 10.2. The van der Waals surface area contributed by atoms with Crippen LogP contribution in [0.1, 0.15) is 11.3 Å². The number of hydrogen-bond donors (Lipinski definition) is 2. The summed E-state index contributed by atoms with van der Waals surface area (Å²) in [6.07, 6.45) is -1.07. The molecule has 0 spiro atoms. The van der Waals surface area contributed by atoms with Crippen molar-refractivity contribution in [3.05, 3.63) is 35.5 Å². The molecular formula is C11H11NO3. The van der Waals surface area contributed by atoms with Crippen LogP contribution in [0.5, 0.6) is 0 Å². The van der Waals surface area contributed by atoms with Gasteiger partial charge >= 0.3 is 6.09 Å². The van der Waals surface area contributed by atoms with Crippen molar-refractivity contribution < 1.29 is 15.0 Å². The van der Waals surface area contributed by atoms with Gasteiger partial charge in [0.1, 0.15) is 0 Å². The molecule has 2 aromatic rings. The normalized spacial score (nSPS) is 10.8. The predicted octanol–water partition coefficient (Wildman–Crippen LogP) is 1.97. The Morgan fingerprint density at radius 1 is 1.40 bits per heavy atom. The van der Waals surface area contributed by atoms with Crippen LogP contribution in [-0.2, 0) is 6.61 Å². The topological polar surface area (TPSA) is 62.5 Å². The smallest absolute Gasteiger partial charge is 0.416 e. The first-order valence-corrected chi connectivity index (χ1v) is 4.58. The number of aliphatic hydroxyl groups is 1. The maximum Gasteiger partial charge on any atom is 0.416 e. The number of benzene rings is 1. The minimum Gasteiger partial charge on any atom is -0.464 e. The van der Waals surface area contributed by atoms with E-state index in [9.17, 15) is 4.79 Å². The van der Waals surface area contributed by atoms with Crippen molar-refractivity contribution in [3.63, 3.8) is 0 Å². The second-order valence-electron chi connectivity index (χ2n) is 3.47. The van der Waals surface area contributed by atoms with E-state index >= 15 is 0 Å². The molecule has 0 saturated heterocycles. The van der Waals surface area contributed by atoms with Crippen molar-refractivity contribution in [2.45, 2.75) is 13.5 Å². The summed E-state index contributed by atoms with van der Waals surface area (Å²) >= 11 is 0. The Labute approximate surface area is 86.4 Å². The van der Waals surface area contributed by atoms with Crippen LogP contribution in [0.15, 0.2) is 24.3 Å². The van der Waals surface area contributed by atoms with Crippen LogP contribution in [-0.4, -0.2) is 20.9 Å².